The third-order valence-electron chi connectivity index (χ3n) is 2.98. The molecule has 0 aliphatic rings. The molecule has 1 aromatic heterocycles. The number of hydrogen-bond donors (Lipinski definition) is 2. The van der Waals surface area contributed by atoms with Gasteiger partial charge in [-0.3, -0.25) is 20.2 Å². The van der Waals surface area contributed by atoms with Crippen LogP contribution in [-0.4, -0.2) is 27.6 Å². The minimum atomic E-state index is -4.70. The smallest absolute Gasteiger partial charge is 0.371 e. The van der Waals surface area contributed by atoms with Crippen LogP contribution in [0.1, 0.15) is 17.5 Å². The SMILES string of the molecule is CCc1nnc(NC(=O)CNc2ccc(C(F)(F)F)cc2[N+](=O)[O-])s1. The average Bonchev–Trinajstić information content (AvgIpc) is 2.99. The second-order valence-corrected chi connectivity index (χ2v) is 5.81. The highest BCUT2D eigenvalue weighted by Crippen LogP contribution is 2.34. The molecule has 0 radical (unpaired) electrons. The van der Waals surface area contributed by atoms with Crippen molar-refractivity contribution in [1.29, 1.82) is 0 Å². The zero-order valence-corrected chi connectivity index (χ0v) is 13.6. The number of halogens is 3. The van der Waals surface area contributed by atoms with Gasteiger partial charge >= 0.3 is 6.18 Å². The van der Waals surface area contributed by atoms with Crippen LogP contribution in [-0.2, 0) is 17.4 Å². The van der Waals surface area contributed by atoms with Crippen LogP contribution in [0.3, 0.4) is 0 Å². The van der Waals surface area contributed by atoms with Crippen LogP contribution in [0, 0.1) is 10.1 Å². The normalized spacial score (nSPS) is 11.2. The van der Waals surface area contributed by atoms with Crippen molar-refractivity contribution in [3.63, 3.8) is 0 Å². The molecule has 1 heterocycles. The van der Waals surface area contributed by atoms with E-state index in [1.165, 1.54) is 11.3 Å². The third kappa shape index (κ3) is 4.86. The van der Waals surface area contributed by atoms with Crippen molar-refractivity contribution in [3.05, 3.63) is 38.9 Å². The summed E-state index contributed by atoms with van der Waals surface area (Å²) in [6.45, 7) is 1.49. The number of nitro groups is 1. The number of hydrogen-bond acceptors (Lipinski definition) is 7. The van der Waals surface area contributed by atoms with Crippen LogP contribution in [0.15, 0.2) is 18.2 Å². The number of aryl methyl sites for hydroxylation is 1. The first-order valence-corrected chi connectivity index (χ1v) is 7.74. The van der Waals surface area contributed by atoms with Crippen LogP contribution < -0.4 is 10.6 Å². The molecule has 12 heteroatoms. The molecule has 0 fully saturated rings. The summed E-state index contributed by atoms with van der Waals surface area (Å²) in [7, 11) is 0. The Morgan fingerprint density at radius 2 is 2.08 bits per heavy atom. The lowest BCUT2D eigenvalue weighted by molar-refractivity contribution is -0.384. The predicted octanol–water partition coefficient (Wildman–Crippen LogP) is 3.08. The van der Waals surface area contributed by atoms with Crippen LogP contribution in [0.5, 0.6) is 0 Å². The van der Waals surface area contributed by atoms with E-state index >= 15 is 0 Å². The lowest BCUT2D eigenvalue weighted by Crippen LogP contribution is -2.22. The molecule has 2 rings (SSSR count). The molecule has 0 aliphatic carbocycles. The molecule has 1 amide bonds. The second-order valence-electron chi connectivity index (χ2n) is 4.74. The highest BCUT2D eigenvalue weighted by Gasteiger charge is 2.33. The first-order valence-electron chi connectivity index (χ1n) is 6.92. The Balaban J connectivity index is 2.06. The summed E-state index contributed by atoms with van der Waals surface area (Å²) < 4.78 is 37.9. The van der Waals surface area contributed by atoms with Crippen molar-refractivity contribution in [2.75, 3.05) is 17.2 Å². The highest BCUT2D eigenvalue weighted by molar-refractivity contribution is 7.15. The van der Waals surface area contributed by atoms with E-state index in [-0.39, 0.29) is 17.4 Å². The highest BCUT2D eigenvalue weighted by atomic mass is 32.1. The molecule has 2 N–H and O–H groups in total. The van der Waals surface area contributed by atoms with Crippen molar-refractivity contribution in [2.24, 2.45) is 0 Å². The van der Waals surface area contributed by atoms with Gasteiger partial charge in [0.1, 0.15) is 10.7 Å². The minimum absolute atomic E-state index is 0.195. The molecule has 0 bridgehead atoms. The van der Waals surface area contributed by atoms with Crippen molar-refractivity contribution >= 4 is 33.8 Å². The van der Waals surface area contributed by atoms with Gasteiger partial charge in [-0.15, -0.1) is 10.2 Å². The molecule has 0 aliphatic heterocycles. The molecular weight excluding hydrogens is 363 g/mol. The van der Waals surface area contributed by atoms with Crippen LogP contribution in [0.25, 0.3) is 0 Å². The van der Waals surface area contributed by atoms with Crippen molar-refractivity contribution in [2.45, 2.75) is 19.5 Å². The number of rotatable bonds is 6. The van der Waals surface area contributed by atoms with Gasteiger partial charge in [-0.2, -0.15) is 13.2 Å². The molecule has 0 unspecified atom stereocenters. The summed E-state index contributed by atoms with van der Waals surface area (Å²) in [6.07, 6.45) is -4.04. The minimum Gasteiger partial charge on any atom is -0.371 e. The van der Waals surface area contributed by atoms with E-state index in [0.29, 0.717) is 18.6 Å². The summed E-state index contributed by atoms with van der Waals surface area (Å²) in [5.74, 6) is -0.562. The fraction of sp³-hybridized carbons (Fsp3) is 0.308. The monoisotopic (exact) mass is 375 g/mol. The first kappa shape index (κ1) is 18.6. The second kappa shape index (κ2) is 7.42. The molecule has 8 nitrogen and oxygen atoms in total. The Labute approximate surface area is 143 Å². The first-order chi connectivity index (χ1) is 11.7. The lowest BCUT2D eigenvalue weighted by Gasteiger charge is -2.10. The van der Waals surface area contributed by atoms with Gasteiger partial charge in [-0.25, -0.2) is 0 Å². The Kier molecular flexibility index (Phi) is 5.51. The van der Waals surface area contributed by atoms with Crippen LogP contribution >= 0.6 is 11.3 Å². The Bertz CT molecular complexity index is 793. The van der Waals surface area contributed by atoms with Gasteiger partial charge < -0.3 is 5.32 Å². The Morgan fingerprint density at radius 1 is 1.36 bits per heavy atom. The molecule has 1 aromatic carbocycles. The lowest BCUT2D eigenvalue weighted by atomic mass is 10.1. The van der Waals surface area contributed by atoms with Gasteiger partial charge in [0, 0.05) is 6.07 Å². The number of aromatic nitrogens is 2. The van der Waals surface area contributed by atoms with Crippen molar-refractivity contribution in [3.8, 4) is 0 Å². The third-order valence-corrected chi connectivity index (χ3v) is 3.96. The quantitative estimate of drug-likeness (QED) is 0.593. The zero-order valence-electron chi connectivity index (χ0n) is 12.8. The number of nitrogens with one attached hydrogen (secondary N) is 2. The van der Waals surface area contributed by atoms with E-state index in [1.807, 2.05) is 6.92 Å². The van der Waals surface area contributed by atoms with E-state index in [0.717, 1.165) is 11.1 Å². The number of amides is 1. The van der Waals surface area contributed by atoms with E-state index in [2.05, 4.69) is 20.8 Å². The van der Waals surface area contributed by atoms with Gasteiger partial charge in [0.2, 0.25) is 11.0 Å². The standard InChI is InChI=1S/C13H12F3N5O3S/c1-2-11-19-20-12(25-11)18-10(22)6-17-8-4-3-7(13(14,15)16)5-9(8)21(23)24/h3-5,17H,2,6H2,1H3,(H,18,20,22). The Morgan fingerprint density at radius 3 is 2.64 bits per heavy atom. The van der Waals surface area contributed by atoms with Gasteiger partial charge in [-0.1, -0.05) is 18.3 Å². The summed E-state index contributed by atoms with van der Waals surface area (Å²) in [5, 5.41) is 24.4. The maximum Gasteiger partial charge on any atom is 0.416 e. The van der Waals surface area contributed by atoms with Crippen molar-refractivity contribution in [1.82, 2.24) is 10.2 Å². The number of carbonyl (C=O) groups is 1. The van der Waals surface area contributed by atoms with E-state index in [9.17, 15) is 28.1 Å². The summed E-state index contributed by atoms with van der Waals surface area (Å²) in [5.41, 5.74) is -2.11. The van der Waals surface area contributed by atoms with Crippen LogP contribution in [0.4, 0.5) is 29.7 Å². The summed E-state index contributed by atoms with van der Waals surface area (Å²) >= 11 is 1.18. The molecule has 0 saturated carbocycles. The maximum atomic E-state index is 12.6. The number of alkyl halides is 3. The van der Waals surface area contributed by atoms with Gasteiger partial charge in [0.25, 0.3) is 5.69 Å². The topological polar surface area (TPSA) is 110 Å². The molecule has 0 saturated heterocycles. The number of anilines is 2. The molecular formula is C13H12F3N5O3S. The maximum absolute atomic E-state index is 12.6. The largest absolute Gasteiger partial charge is 0.416 e. The van der Waals surface area contributed by atoms with Gasteiger partial charge in [0.15, 0.2) is 0 Å². The van der Waals surface area contributed by atoms with Gasteiger partial charge in [-0.05, 0) is 18.6 Å². The number of nitro benzene ring substituents is 1. The number of carbonyl (C=O) groups excluding carboxylic acids is 1. The number of nitrogens with zero attached hydrogens (tertiary/aromatic N) is 3. The molecule has 0 spiro atoms. The average molecular weight is 375 g/mol. The van der Waals surface area contributed by atoms with E-state index in [1.54, 1.807) is 0 Å². The fourth-order valence-corrected chi connectivity index (χ4v) is 2.49. The summed E-state index contributed by atoms with van der Waals surface area (Å²) in [4.78, 5) is 21.8. The van der Waals surface area contributed by atoms with Gasteiger partial charge in [0.05, 0.1) is 17.0 Å². The summed E-state index contributed by atoms with van der Waals surface area (Å²) in [6, 6.07) is 2.03. The number of benzene rings is 1. The molecule has 2 aromatic rings. The molecule has 0 atom stereocenters. The zero-order chi connectivity index (χ0) is 18.6. The molecule has 134 valence electrons. The van der Waals surface area contributed by atoms with Crippen LogP contribution in [0.2, 0.25) is 0 Å². The van der Waals surface area contributed by atoms with Crippen molar-refractivity contribution < 1.29 is 22.9 Å². The molecule has 25 heavy (non-hydrogen) atoms. The fourth-order valence-electron chi connectivity index (χ4n) is 1.79. The predicted molar refractivity (Wildman–Crippen MR) is 84.5 cm³/mol. The Hall–Kier alpha value is -2.76. The van der Waals surface area contributed by atoms with E-state index < -0.39 is 28.3 Å². The van der Waals surface area contributed by atoms with E-state index in [4.69, 9.17) is 0 Å².